The summed E-state index contributed by atoms with van der Waals surface area (Å²) in [6.07, 6.45) is 0.206. The first-order valence-corrected chi connectivity index (χ1v) is 6.33. The van der Waals surface area contributed by atoms with Crippen LogP contribution in [0.4, 0.5) is 13.2 Å². The van der Waals surface area contributed by atoms with Crippen molar-refractivity contribution in [1.29, 1.82) is 0 Å². The zero-order chi connectivity index (χ0) is 15.6. The first-order valence-electron chi connectivity index (χ1n) is 6.33. The summed E-state index contributed by atoms with van der Waals surface area (Å²) in [4.78, 5) is 11.2. The molecule has 2 rings (SSSR count). The van der Waals surface area contributed by atoms with Crippen molar-refractivity contribution < 1.29 is 22.7 Å². The van der Waals surface area contributed by atoms with Gasteiger partial charge in [-0.25, -0.2) is 13.2 Å². The normalized spacial score (nSPS) is 10.8. The van der Waals surface area contributed by atoms with E-state index in [1.165, 1.54) is 6.07 Å². The molecule has 0 bridgehead atoms. The fourth-order valence-electron chi connectivity index (χ4n) is 1.95. The van der Waals surface area contributed by atoms with Crippen LogP contribution in [-0.2, 0) is 0 Å². The smallest absolute Gasteiger partial charge is 0.165 e. The van der Waals surface area contributed by atoms with Crippen molar-refractivity contribution in [3.63, 3.8) is 0 Å². The average molecular weight is 294 g/mol. The molecule has 0 saturated heterocycles. The quantitative estimate of drug-likeness (QED) is 0.783. The summed E-state index contributed by atoms with van der Waals surface area (Å²) in [5, 5.41) is 0. The number of halogens is 3. The van der Waals surface area contributed by atoms with Gasteiger partial charge in [0.2, 0.25) is 0 Å². The van der Waals surface area contributed by atoms with E-state index in [-0.39, 0.29) is 28.5 Å². The number of benzene rings is 2. The van der Waals surface area contributed by atoms with Gasteiger partial charge in [0.15, 0.2) is 17.9 Å². The van der Waals surface area contributed by atoms with Crippen molar-refractivity contribution in [1.82, 2.24) is 0 Å². The molecule has 2 aromatic carbocycles. The Kier molecular flexibility index (Phi) is 4.31. The molecule has 0 unspecified atom stereocenters. The third kappa shape index (κ3) is 3.24. The fourth-order valence-corrected chi connectivity index (χ4v) is 1.95. The van der Waals surface area contributed by atoms with Crippen molar-refractivity contribution >= 4 is 6.29 Å². The second-order valence-corrected chi connectivity index (χ2v) is 4.78. The Balaban J connectivity index is 2.58. The number of hydrogen-bond acceptors (Lipinski definition) is 2. The molecule has 2 nitrogen and oxygen atoms in total. The highest BCUT2D eigenvalue weighted by Crippen LogP contribution is 2.31. The van der Waals surface area contributed by atoms with Gasteiger partial charge in [-0.05, 0) is 43.7 Å². The lowest BCUT2D eigenvalue weighted by Crippen LogP contribution is -2.08. The Labute approximate surface area is 120 Å². The van der Waals surface area contributed by atoms with Crippen molar-refractivity contribution in [3.8, 4) is 16.9 Å². The fraction of sp³-hybridized carbons (Fsp3) is 0.188. The van der Waals surface area contributed by atoms with Gasteiger partial charge in [-0.2, -0.15) is 0 Å². The summed E-state index contributed by atoms with van der Waals surface area (Å²) < 4.78 is 45.9. The van der Waals surface area contributed by atoms with Crippen LogP contribution in [0.5, 0.6) is 5.75 Å². The van der Waals surface area contributed by atoms with E-state index in [4.69, 9.17) is 4.74 Å². The van der Waals surface area contributed by atoms with Crippen LogP contribution in [0.1, 0.15) is 24.2 Å². The molecule has 2 aromatic rings. The van der Waals surface area contributed by atoms with E-state index in [1.807, 2.05) is 0 Å². The van der Waals surface area contributed by atoms with Gasteiger partial charge < -0.3 is 4.74 Å². The summed E-state index contributed by atoms with van der Waals surface area (Å²) in [7, 11) is 0. The zero-order valence-electron chi connectivity index (χ0n) is 11.5. The van der Waals surface area contributed by atoms with Crippen molar-refractivity contribution in [3.05, 3.63) is 53.3 Å². The summed E-state index contributed by atoms with van der Waals surface area (Å²) in [6, 6.07) is 5.11. The van der Waals surface area contributed by atoms with Crippen LogP contribution < -0.4 is 4.74 Å². The average Bonchev–Trinajstić information content (AvgIpc) is 2.40. The minimum Gasteiger partial charge on any atom is -0.488 e. The van der Waals surface area contributed by atoms with E-state index in [0.717, 1.165) is 18.2 Å². The zero-order valence-corrected chi connectivity index (χ0v) is 11.5. The van der Waals surface area contributed by atoms with Gasteiger partial charge in [-0.15, -0.1) is 0 Å². The molecule has 0 heterocycles. The van der Waals surface area contributed by atoms with E-state index < -0.39 is 17.5 Å². The van der Waals surface area contributed by atoms with E-state index in [1.54, 1.807) is 13.8 Å². The Morgan fingerprint density at radius 1 is 1.00 bits per heavy atom. The van der Waals surface area contributed by atoms with Crippen LogP contribution in [0.15, 0.2) is 30.3 Å². The molecule has 0 N–H and O–H groups in total. The van der Waals surface area contributed by atoms with Crippen LogP contribution in [-0.4, -0.2) is 12.4 Å². The molecule has 0 spiro atoms. The second-order valence-electron chi connectivity index (χ2n) is 4.78. The molecule has 0 saturated carbocycles. The highest BCUT2D eigenvalue weighted by Gasteiger charge is 2.16. The first kappa shape index (κ1) is 15.1. The molecular formula is C16H13F3O2. The van der Waals surface area contributed by atoms with Crippen LogP contribution in [0.25, 0.3) is 11.1 Å². The number of carbonyl (C=O) groups is 1. The van der Waals surface area contributed by atoms with E-state index in [0.29, 0.717) is 12.4 Å². The SMILES string of the molecule is CC(C)Oc1cc(C=O)c(-c2ccc(F)cc2F)cc1F. The Hall–Kier alpha value is -2.30. The lowest BCUT2D eigenvalue weighted by molar-refractivity contribution is 0.112. The molecule has 0 fully saturated rings. The maximum Gasteiger partial charge on any atom is 0.165 e. The summed E-state index contributed by atoms with van der Waals surface area (Å²) in [5.74, 6) is -2.41. The lowest BCUT2D eigenvalue weighted by atomic mass is 9.99. The third-order valence-electron chi connectivity index (χ3n) is 2.81. The molecule has 0 amide bonds. The van der Waals surface area contributed by atoms with E-state index in [2.05, 4.69) is 0 Å². The van der Waals surface area contributed by atoms with Crippen LogP contribution in [0, 0.1) is 17.5 Å². The molecule has 0 aliphatic heterocycles. The Bertz CT molecular complexity index is 681. The Morgan fingerprint density at radius 3 is 2.29 bits per heavy atom. The highest BCUT2D eigenvalue weighted by atomic mass is 19.1. The highest BCUT2D eigenvalue weighted by molar-refractivity contribution is 5.88. The van der Waals surface area contributed by atoms with Crippen molar-refractivity contribution in [2.75, 3.05) is 0 Å². The largest absolute Gasteiger partial charge is 0.488 e. The van der Waals surface area contributed by atoms with E-state index >= 15 is 0 Å². The molecule has 110 valence electrons. The minimum atomic E-state index is -0.866. The third-order valence-corrected chi connectivity index (χ3v) is 2.81. The van der Waals surface area contributed by atoms with Gasteiger partial charge in [-0.3, -0.25) is 4.79 Å². The molecular weight excluding hydrogens is 281 g/mol. The van der Waals surface area contributed by atoms with Gasteiger partial charge >= 0.3 is 0 Å². The maximum atomic E-state index is 14.0. The standard InChI is InChI=1S/C16H13F3O2/c1-9(2)21-16-5-10(8-20)13(7-15(16)19)12-4-3-11(17)6-14(12)18/h3-9H,1-2H3. The maximum absolute atomic E-state index is 14.0. The van der Waals surface area contributed by atoms with Gasteiger partial charge in [-0.1, -0.05) is 0 Å². The summed E-state index contributed by atoms with van der Waals surface area (Å²) in [6.45, 7) is 3.43. The number of aldehydes is 1. The monoisotopic (exact) mass is 294 g/mol. The van der Waals surface area contributed by atoms with Gasteiger partial charge in [0.25, 0.3) is 0 Å². The van der Waals surface area contributed by atoms with Crippen LogP contribution >= 0.6 is 0 Å². The lowest BCUT2D eigenvalue weighted by Gasteiger charge is -2.14. The number of rotatable bonds is 4. The summed E-state index contributed by atoms with van der Waals surface area (Å²) in [5.41, 5.74) is 0.0714. The van der Waals surface area contributed by atoms with Crippen molar-refractivity contribution in [2.45, 2.75) is 20.0 Å². The molecule has 5 heteroatoms. The minimum absolute atomic E-state index is 0.0477. The predicted molar refractivity (Wildman–Crippen MR) is 72.9 cm³/mol. The predicted octanol–water partition coefficient (Wildman–Crippen LogP) is 4.37. The molecule has 21 heavy (non-hydrogen) atoms. The molecule has 0 aliphatic carbocycles. The topological polar surface area (TPSA) is 26.3 Å². The van der Waals surface area contributed by atoms with Gasteiger partial charge in [0.05, 0.1) is 6.10 Å². The van der Waals surface area contributed by atoms with Gasteiger partial charge in [0, 0.05) is 17.2 Å². The number of ether oxygens (including phenoxy) is 1. The van der Waals surface area contributed by atoms with Crippen LogP contribution in [0.3, 0.4) is 0 Å². The summed E-state index contributed by atoms with van der Waals surface area (Å²) >= 11 is 0. The second kappa shape index (κ2) is 5.99. The molecule has 0 radical (unpaired) electrons. The van der Waals surface area contributed by atoms with Gasteiger partial charge in [0.1, 0.15) is 11.6 Å². The molecule has 0 atom stereocenters. The van der Waals surface area contributed by atoms with Crippen LogP contribution in [0.2, 0.25) is 0 Å². The number of hydrogen-bond donors (Lipinski definition) is 0. The van der Waals surface area contributed by atoms with Crippen molar-refractivity contribution in [2.24, 2.45) is 0 Å². The molecule has 0 aromatic heterocycles. The van der Waals surface area contributed by atoms with E-state index in [9.17, 15) is 18.0 Å². The first-order chi connectivity index (χ1) is 9.92. The molecule has 0 aliphatic rings. The number of carbonyl (C=O) groups excluding carboxylic acids is 1. The Morgan fingerprint density at radius 2 is 1.71 bits per heavy atom.